The molecule has 0 fully saturated rings. The molecular weight excluding hydrogens is 216 g/mol. The van der Waals surface area contributed by atoms with E-state index in [1.807, 2.05) is 41.8 Å². The van der Waals surface area contributed by atoms with Crippen molar-refractivity contribution >= 4 is 5.97 Å². The van der Waals surface area contributed by atoms with Gasteiger partial charge in [0.25, 0.3) is 0 Å². The molecule has 1 aromatic carbocycles. The van der Waals surface area contributed by atoms with Crippen molar-refractivity contribution in [3.8, 4) is 5.69 Å². The molecule has 0 amide bonds. The number of nitrogens with zero attached hydrogens (tertiary/aromatic N) is 2. The van der Waals surface area contributed by atoms with Gasteiger partial charge in [-0.1, -0.05) is 18.2 Å². The number of para-hydroxylation sites is 1. The van der Waals surface area contributed by atoms with Crippen LogP contribution in [0.1, 0.15) is 23.1 Å². The molecule has 0 aliphatic carbocycles. The normalized spacial score (nSPS) is 10.2. The van der Waals surface area contributed by atoms with Crippen molar-refractivity contribution in [3.63, 3.8) is 0 Å². The van der Waals surface area contributed by atoms with E-state index in [9.17, 15) is 4.79 Å². The molecular formula is C13H14N2O2. The topological polar surface area (TPSA) is 44.1 Å². The fourth-order valence-corrected chi connectivity index (χ4v) is 1.66. The lowest BCUT2D eigenvalue weighted by atomic mass is 10.3. The van der Waals surface area contributed by atoms with Crippen LogP contribution in [0.3, 0.4) is 0 Å². The predicted molar refractivity (Wildman–Crippen MR) is 64.3 cm³/mol. The van der Waals surface area contributed by atoms with Crippen LogP contribution in [0, 0.1) is 6.92 Å². The Bertz CT molecular complexity index is 517. The van der Waals surface area contributed by atoms with Gasteiger partial charge in [-0.05, 0) is 26.0 Å². The average molecular weight is 230 g/mol. The number of benzene rings is 1. The molecule has 0 saturated heterocycles. The number of rotatable bonds is 3. The van der Waals surface area contributed by atoms with Crippen molar-refractivity contribution in [1.29, 1.82) is 0 Å². The van der Waals surface area contributed by atoms with Crippen LogP contribution in [0.15, 0.2) is 36.7 Å². The number of carbonyl (C=O) groups excluding carboxylic acids is 1. The number of carbonyl (C=O) groups is 1. The molecule has 0 atom stereocenters. The van der Waals surface area contributed by atoms with Gasteiger partial charge in [-0.25, -0.2) is 9.78 Å². The van der Waals surface area contributed by atoms with Crippen LogP contribution in [0.25, 0.3) is 5.69 Å². The van der Waals surface area contributed by atoms with Gasteiger partial charge in [0.15, 0.2) is 5.69 Å². The number of hydrogen-bond donors (Lipinski definition) is 0. The number of hydrogen-bond acceptors (Lipinski definition) is 3. The maximum absolute atomic E-state index is 11.6. The van der Waals surface area contributed by atoms with Crippen molar-refractivity contribution in [2.45, 2.75) is 13.8 Å². The first kappa shape index (κ1) is 11.4. The Hall–Kier alpha value is -2.10. The Balaban J connectivity index is 2.37. The zero-order chi connectivity index (χ0) is 12.3. The molecule has 2 rings (SSSR count). The molecule has 88 valence electrons. The van der Waals surface area contributed by atoms with E-state index >= 15 is 0 Å². The number of imidazole rings is 1. The van der Waals surface area contributed by atoms with Crippen LogP contribution in [0.2, 0.25) is 0 Å². The maximum atomic E-state index is 11.6. The minimum atomic E-state index is -0.375. The Labute approximate surface area is 99.9 Å². The summed E-state index contributed by atoms with van der Waals surface area (Å²) >= 11 is 0. The van der Waals surface area contributed by atoms with Crippen molar-refractivity contribution < 1.29 is 9.53 Å². The van der Waals surface area contributed by atoms with E-state index < -0.39 is 0 Å². The third kappa shape index (κ3) is 2.20. The van der Waals surface area contributed by atoms with Gasteiger partial charge in [0.1, 0.15) is 6.33 Å². The van der Waals surface area contributed by atoms with Crippen LogP contribution >= 0.6 is 0 Å². The smallest absolute Gasteiger partial charge is 0.358 e. The van der Waals surface area contributed by atoms with E-state index in [0.717, 1.165) is 11.4 Å². The van der Waals surface area contributed by atoms with Gasteiger partial charge in [0.2, 0.25) is 0 Å². The highest BCUT2D eigenvalue weighted by atomic mass is 16.5. The molecule has 1 heterocycles. The fraction of sp³-hybridized carbons (Fsp3) is 0.231. The highest BCUT2D eigenvalue weighted by Crippen LogP contribution is 2.14. The highest BCUT2D eigenvalue weighted by molar-refractivity contribution is 5.88. The van der Waals surface area contributed by atoms with E-state index in [1.54, 1.807) is 13.3 Å². The number of ether oxygens (including phenoxy) is 1. The summed E-state index contributed by atoms with van der Waals surface area (Å²) in [5.41, 5.74) is 2.14. The standard InChI is InChI=1S/C13H14N2O2/c1-3-17-13(16)12-10(2)15(9-14-12)11-7-5-4-6-8-11/h4-9H,3H2,1-2H3. The second-order valence-electron chi connectivity index (χ2n) is 3.60. The summed E-state index contributed by atoms with van der Waals surface area (Å²) in [6.45, 7) is 3.99. The lowest BCUT2D eigenvalue weighted by Gasteiger charge is -2.05. The Morgan fingerprint density at radius 2 is 2.06 bits per heavy atom. The minimum Gasteiger partial charge on any atom is -0.461 e. The summed E-state index contributed by atoms with van der Waals surface area (Å²) in [5.74, 6) is -0.375. The molecule has 0 spiro atoms. The van der Waals surface area contributed by atoms with Crippen LogP contribution in [-0.4, -0.2) is 22.1 Å². The molecule has 17 heavy (non-hydrogen) atoms. The Morgan fingerprint density at radius 3 is 2.71 bits per heavy atom. The highest BCUT2D eigenvalue weighted by Gasteiger charge is 2.16. The second kappa shape index (κ2) is 4.82. The quantitative estimate of drug-likeness (QED) is 0.760. The van der Waals surface area contributed by atoms with E-state index in [0.29, 0.717) is 12.3 Å². The van der Waals surface area contributed by atoms with E-state index in [-0.39, 0.29) is 5.97 Å². The van der Waals surface area contributed by atoms with Crippen molar-refractivity contribution in [2.75, 3.05) is 6.61 Å². The third-order valence-corrected chi connectivity index (χ3v) is 2.51. The van der Waals surface area contributed by atoms with Gasteiger partial charge in [-0.2, -0.15) is 0 Å². The molecule has 0 radical (unpaired) electrons. The summed E-state index contributed by atoms with van der Waals surface area (Å²) in [6.07, 6.45) is 1.64. The number of aromatic nitrogens is 2. The summed E-state index contributed by atoms with van der Waals surface area (Å²) in [6, 6.07) is 9.76. The maximum Gasteiger partial charge on any atom is 0.358 e. The second-order valence-corrected chi connectivity index (χ2v) is 3.60. The first-order valence-corrected chi connectivity index (χ1v) is 5.50. The molecule has 0 bridgehead atoms. The van der Waals surface area contributed by atoms with Crippen molar-refractivity contribution in [2.24, 2.45) is 0 Å². The van der Waals surface area contributed by atoms with Crippen LogP contribution in [0.4, 0.5) is 0 Å². The Morgan fingerprint density at radius 1 is 1.35 bits per heavy atom. The summed E-state index contributed by atoms with van der Waals surface area (Å²) < 4.78 is 6.81. The van der Waals surface area contributed by atoms with E-state index in [1.165, 1.54) is 0 Å². The Kier molecular flexibility index (Phi) is 3.23. The molecule has 4 nitrogen and oxygen atoms in total. The molecule has 0 aliphatic heterocycles. The molecule has 4 heteroatoms. The molecule has 0 N–H and O–H groups in total. The summed E-state index contributed by atoms with van der Waals surface area (Å²) in [4.78, 5) is 15.7. The zero-order valence-electron chi connectivity index (χ0n) is 9.88. The van der Waals surface area contributed by atoms with Crippen molar-refractivity contribution in [3.05, 3.63) is 48.0 Å². The van der Waals surface area contributed by atoms with Crippen LogP contribution in [-0.2, 0) is 4.74 Å². The lowest BCUT2D eigenvalue weighted by molar-refractivity contribution is 0.0519. The first-order chi connectivity index (χ1) is 8.24. The van der Waals surface area contributed by atoms with Crippen LogP contribution < -0.4 is 0 Å². The van der Waals surface area contributed by atoms with Gasteiger partial charge >= 0.3 is 5.97 Å². The fourth-order valence-electron chi connectivity index (χ4n) is 1.66. The SMILES string of the molecule is CCOC(=O)c1ncn(-c2ccccc2)c1C. The monoisotopic (exact) mass is 230 g/mol. The lowest BCUT2D eigenvalue weighted by Crippen LogP contribution is -2.07. The minimum absolute atomic E-state index is 0.358. The van der Waals surface area contributed by atoms with Gasteiger partial charge in [0, 0.05) is 5.69 Å². The van der Waals surface area contributed by atoms with Crippen LogP contribution in [0.5, 0.6) is 0 Å². The van der Waals surface area contributed by atoms with E-state index in [2.05, 4.69) is 4.98 Å². The molecule has 0 unspecified atom stereocenters. The summed E-state index contributed by atoms with van der Waals surface area (Å²) in [7, 11) is 0. The molecule has 0 aliphatic rings. The molecule has 2 aromatic rings. The number of esters is 1. The van der Waals surface area contributed by atoms with Gasteiger partial charge in [-0.15, -0.1) is 0 Å². The van der Waals surface area contributed by atoms with E-state index in [4.69, 9.17) is 4.74 Å². The molecule has 1 aromatic heterocycles. The summed E-state index contributed by atoms with van der Waals surface area (Å²) in [5, 5.41) is 0. The third-order valence-electron chi connectivity index (χ3n) is 2.51. The van der Waals surface area contributed by atoms with Gasteiger partial charge in [-0.3, -0.25) is 0 Å². The predicted octanol–water partition coefficient (Wildman–Crippen LogP) is 2.36. The largest absolute Gasteiger partial charge is 0.461 e. The molecule has 0 saturated carbocycles. The van der Waals surface area contributed by atoms with Gasteiger partial charge in [0.05, 0.1) is 12.3 Å². The average Bonchev–Trinajstić information content (AvgIpc) is 2.72. The first-order valence-electron chi connectivity index (χ1n) is 5.50. The van der Waals surface area contributed by atoms with Gasteiger partial charge < -0.3 is 9.30 Å². The zero-order valence-corrected chi connectivity index (χ0v) is 9.88. The van der Waals surface area contributed by atoms with Crippen molar-refractivity contribution in [1.82, 2.24) is 9.55 Å².